The van der Waals surface area contributed by atoms with Gasteiger partial charge in [-0.15, -0.1) is 0 Å². The maximum absolute atomic E-state index is 12.9. The van der Waals surface area contributed by atoms with Gasteiger partial charge in [-0.1, -0.05) is 35.8 Å². The fraction of sp³-hybridized carbons (Fsp3) is 0.571. The smallest absolute Gasteiger partial charge is 0.124 e. The molecule has 0 amide bonds. The van der Waals surface area contributed by atoms with Gasteiger partial charge in [-0.2, -0.15) is 0 Å². The van der Waals surface area contributed by atoms with Crippen LogP contribution in [0.5, 0.6) is 0 Å². The van der Waals surface area contributed by atoms with Crippen LogP contribution in [0.2, 0.25) is 0 Å². The lowest BCUT2D eigenvalue weighted by Gasteiger charge is -2.12. The summed E-state index contributed by atoms with van der Waals surface area (Å²) in [5, 5.41) is 3.42. The summed E-state index contributed by atoms with van der Waals surface area (Å²) < 4.78 is 13.8. The third kappa shape index (κ3) is 5.64. The van der Waals surface area contributed by atoms with Crippen molar-refractivity contribution < 1.29 is 4.39 Å². The third-order valence-electron chi connectivity index (χ3n) is 2.84. The first-order chi connectivity index (χ1) is 8.13. The van der Waals surface area contributed by atoms with Crippen molar-refractivity contribution in [1.82, 2.24) is 5.32 Å². The molecule has 0 saturated carbocycles. The van der Waals surface area contributed by atoms with Crippen LogP contribution < -0.4 is 5.32 Å². The van der Waals surface area contributed by atoms with E-state index in [2.05, 4.69) is 35.1 Å². The van der Waals surface area contributed by atoms with Gasteiger partial charge in [0.15, 0.2) is 0 Å². The first-order valence-corrected chi connectivity index (χ1v) is 7.07. The van der Waals surface area contributed by atoms with Gasteiger partial charge in [0.05, 0.1) is 0 Å². The number of hydrogen-bond acceptors (Lipinski definition) is 1. The van der Waals surface area contributed by atoms with E-state index in [0.29, 0.717) is 5.92 Å². The lowest BCUT2D eigenvalue weighted by Crippen LogP contribution is -2.22. The van der Waals surface area contributed by atoms with E-state index >= 15 is 0 Å². The molecule has 0 spiro atoms. The van der Waals surface area contributed by atoms with Crippen molar-refractivity contribution in [1.29, 1.82) is 0 Å². The van der Waals surface area contributed by atoms with Gasteiger partial charge in [0.25, 0.3) is 0 Å². The highest BCUT2D eigenvalue weighted by Gasteiger charge is 2.05. The number of hydrogen-bond donors (Lipinski definition) is 1. The van der Waals surface area contributed by atoms with Crippen LogP contribution in [-0.4, -0.2) is 13.1 Å². The summed E-state index contributed by atoms with van der Waals surface area (Å²) in [6, 6.07) is 4.93. The van der Waals surface area contributed by atoms with Crippen molar-refractivity contribution in [2.24, 2.45) is 5.92 Å². The predicted molar refractivity (Wildman–Crippen MR) is 74.7 cm³/mol. The molecule has 0 aliphatic carbocycles. The summed E-state index contributed by atoms with van der Waals surface area (Å²) in [4.78, 5) is 0. The lowest BCUT2D eigenvalue weighted by atomic mass is 10.0. The average molecular weight is 302 g/mol. The minimum Gasteiger partial charge on any atom is -0.316 e. The number of rotatable bonds is 7. The zero-order valence-electron chi connectivity index (χ0n) is 10.6. The molecule has 0 aliphatic rings. The van der Waals surface area contributed by atoms with E-state index in [9.17, 15) is 4.39 Å². The highest BCUT2D eigenvalue weighted by molar-refractivity contribution is 9.10. The average Bonchev–Trinajstić information content (AvgIpc) is 2.28. The molecule has 3 heteroatoms. The summed E-state index contributed by atoms with van der Waals surface area (Å²) in [5.74, 6) is 0.469. The molecule has 0 fully saturated rings. The number of benzene rings is 1. The summed E-state index contributed by atoms with van der Waals surface area (Å²) in [5.41, 5.74) is 1.19. The molecule has 1 aromatic carbocycles. The zero-order valence-corrected chi connectivity index (χ0v) is 12.2. The molecule has 96 valence electrons. The summed E-state index contributed by atoms with van der Waals surface area (Å²) in [7, 11) is 0. The highest BCUT2D eigenvalue weighted by Crippen LogP contribution is 2.20. The van der Waals surface area contributed by atoms with Gasteiger partial charge in [0, 0.05) is 4.47 Å². The first-order valence-electron chi connectivity index (χ1n) is 6.28. The second kappa shape index (κ2) is 7.83. The quantitative estimate of drug-likeness (QED) is 0.746. The molecule has 1 nitrogen and oxygen atoms in total. The van der Waals surface area contributed by atoms with Gasteiger partial charge in [-0.25, -0.2) is 4.39 Å². The number of aryl methyl sites for hydroxylation is 1. The monoisotopic (exact) mass is 301 g/mol. The molecule has 17 heavy (non-hydrogen) atoms. The molecule has 0 heterocycles. The Kier molecular flexibility index (Phi) is 6.75. The Morgan fingerprint density at radius 2 is 2.18 bits per heavy atom. The minimum atomic E-state index is -0.182. The van der Waals surface area contributed by atoms with E-state index in [0.717, 1.165) is 30.4 Å². The standard InChI is InChI=1S/C14H21BrFN/c1-3-8-17-10-11(2)4-5-12-6-7-13(16)9-14(12)15/h6-7,9,11,17H,3-5,8,10H2,1-2H3. The Bertz CT molecular complexity index is 341. The van der Waals surface area contributed by atoms with Crippen LogP contribution in [0.4, 0.5) is 4.39 Å². The van der Waals surface area contributed by atoms with Crippen molar-refractivity contribution in [2.75, 3.05) is 13.1 Å². The molecule has 0 radical (unpaired) electrons. The molecule has 0 saturated heterocycles. The van der Waals surface area contributed by atoms with Gasteiger partial charge in [0.2, 0.25) is 0 Å². The van der Waals surface area contributed by atoms with Gasteiger partial charge in [-0.05, 0) is 56.0 Å². The molecule has 1 unspecified atom stereocenters. The fourth-order valence-corrected chi connectivity index (χ4v) is 2.30. The van der Waals surface area contributed by atoms with E-state index in [1.165, 1.54) is 24.1 Å². The Morgan fingerprint density at radius 3 is 2.82 bits per heavy atom. The number of nitrogens with one attached hydrogen (secondary N) is 1. The SMILES string of the molecule is CCCNCC(C)CCc1ccc(F)cc1Br. The summed E-state index contributed by atoms with van der Waals surface area (Å²) >= 11 is 3.41. The topological polar surface area (TPSA) is 12.0 Å². The van der Waals surface area contributed by atoms with Crippen LogP contribution in [0.3, 0.4) is 0 Å². The zero-order chi connectivity index (χ0) is 12.7. The Labute approximate surface area is 112 Å². The van der Waals surface area contributed by atoms with Crippen molar-refractivity contribution in [2.45, 2.75) is 33.1 Å². The molecular weight excluding hydrogens is 281 g/mol. The predicted octanol–water partition coefficient (Wildman–Crippen LogP) is 4.16. The van der Waals surface area contributed by atoms with Crippen molar-refractivity contribution in [3.63, 3.8) is 0 Å². The molecule has 1 aromatic rings. The van der Waals surface area contributed by atoms with E-state index in [1.54, 1.807) is 0 Å². The molecule has 0 aliphatic heterocycles. The van der Waals surface area contributed by atoms with Gasteiger partial charge >= 0.3 is 0 Å². The molecule has 0 aromatic heterocycles. The Morgan fingerprint density at radius 1 is 1.41 bits per heavy atom. The fourth-order valence-electron chi connectivity index (χ4n) is 1.75. The molecule has 1 atom stereocenters. The first kappa shape index (κ1) is 14.7. The Hall–Kier alpha value is -0.410. The third-order valence-corrected chi connectivity index (χ3v) is 3.58. The van der Waals surface area contributed by atoms with Crippen molar-refractivity contribution >= 4 is 15.9 Å². The summed E-state index contributed by atoms with van der Waals surface area (Å²) in [6.45, 7) is 6.57. The maximum Gasteiger partial charge on any atom is 0.124 e. The van der Waals surface area contributed by atoms with Gasteiger partial charge in [-0.3, -0.25) is 0 Å². The van der Waals surface area contributed by atoms with Crippen LogP contribution in [0.1, 0.15) is 32.3 Å². The molecule has 0 bridgehead atoms. The molecule has 1 rings (SSSR count). The van der Waals surface area contributed by atoms with Gasteiger partial charge < -0.3 is 5.32 Å². The van der Waals surface area contributed by atoms with Crippen LogP contribution >= 0.6 is 15.9 Å². The Balaban J connectivity index is 2.34. The van der Waals surface area contributed by atoms with E-state index in [4.69, 9.17) is 0 Å². The van der Waals surface area contributed by atoms with Gasteiger partial charge in [0.1, 0.15) is 5.82 Å². The number of halogens is 2. The van der Waals surface area contributed by atoms with E-state index in [1.807, 2.05) is 6.07 Å². The molecular formula is C14H21BrFN. The second-order valence-electron chi connectivity index (χ2n) is 4.58. The van der Waals surface area contributed by atoms with Crippen molar-refractivity contribution in [3.8, 4) is 0 Å². The van der Waals surface area contributed by atoms with Crippen LogP contribution in [0.15, 0.2) is 22.7 Å². The summed E-state index contributed by atoms with van der Waals surface area (Å²) in [6.07, 6.45) is 3.30. The van der Waals surface area contributed by atoms with Crippen molar-refractivity contribution in [3.05, 3.63) is 34.1 Å². The van der Waals surface area contributed by atoms with Crippen LogP contribution in [0, 0.1) is 11.7 Å². The lowest BCUT2D eigenvalue weighted by molar-refractivity contribution is 0.481. The van der Waals surface area contributed by atoms with E-state index < -0.39 is 0 Å². The second-order valence-corrected chi connectivity index (χ2v) is 5.44. The maximum atomic E-state index is 12.9. The normalized spacial score (nSPS) is 12.7. The minimum absolute atomic E-state index is 0.182. The highest BCUT2D eigenvalue weighted by atomic mass is 79.9. The van der Waals surface area contributed by atoms with E-state index in [-0.39, 0.29) is 5.82 Å². The van der Waals surface area contributed by atoms with Crippen LogP contribution in [0.25, 0.3) is 0 Å². The largest absolute Gasteiger partial charge is 0.316 e. The molecule has 1 N–H and O–H groups in total. The van der Waals surface area contributed by atoms with Crippen LogP contribution in [-0.2, 0) is 6.42 Å².